The number of aromatic nitrogens is 3. The Morgan fingerprint density at radius 3 is 2.38 bits per heavy atom. The lowest BCUT2D eigenvalue weighted by Gasteiger charge is -2.33. The van der Waals surface area contributed by atoms with E-state index in [9.17, 15) is 4.79 Å². The third kappa shape index (κ3) is 5.18. The predicted octanol–water partition coefficient (Wildman–Crippen LogP) is 4.79. The number of benzene rings is 1. The fourth-order valence-corrected chi connectivity index (χ4v) is 5.34. The van der Waals surface area contributed by atoms with Crippen LogP contribution in [0.25, 0.3) is 11.6 Å². The Kier molecular flexibility index (Phi) is 7.25. The van der Waals surface area contributed by atoms with Gasteiger partial charge in [0.15, 0.2) is 16.4 Å². The van der Waals surface area contributed by atoms with Gasteiger partial charge in [-0.15, -0.1) is 5.10 Å². The molecule has 0 N–H and O–H groups in total. The van der Waals surface area contributed by atoms with Gasteiger partial charge in [-0.25, -0.2) is 4.68 Å². The standard InChI is InChI=1S/C26H33N5O2S/c32-25(29-14-6-1-2-7-15-29)22-12-16-28(17-13-22)20-31-26(34)30(19-21-9-4-3-5-10-21)24(27-31)23-11-8-18-33-23/h3-5,8-11,18,22H,1-2,6-7,12-17,19-20H2. The van der Waals surface area contributed by atoms with Crippen LogP contribution in [0.1, 0.15) is 44.1 Å². The van der Waals surface area contributed by atoms with Crippen LogP contribution in [0.15, 0.2) is 53.1 Å². The van der Waals surface area contributed by atoms with Crippen LogP contribution in [-0.2, 0) is 18.0 Å². The van der Waals surface area contributed by atoms with Gasteiger partial charge in [0.25, 0.3) is 0 Å². The summed E-state index contributed by atoms with van der Waals surface area (Å²) < 4.78 is 10.3. The van der Waals surface area contributed by atoms with Gasteiger partial charge in [-0.1, -0.05) is 43.2 Å². The molecule has 0 spiro atoms. The van der Waals surface area contributed by atoms with Gasteiger partial charge in [0.05, 0.1) is 19.5 Å². The van der Waals surface area contributed by atoms with Crippen LogP contribution in [0.5, 0.6) is 0 Å². The highest BCUT2D eigenvalue weighted by Gasteiger charge is 2.29. The minimum Gasteiger partial charge on any atom is -0.461 e. The molecule has 0 atom stereocenters. The second-order valence-electron chi connectivity index (χ2n) is 9.43. The van der Waals surface area contributed by atoms with Gasteiger partial charge in [-0.2, -0.15) is 0 Å². The Hall–Kier alpha value is -2.71. The summed E-state index contributed by atoms with van der Waals surface area (Å²) in [6.07, 6.45) is 8.26. The van der Waals surface area contributed by atoms with Crippen LogP contribution >= 0.6 is 12.2 Å². The molecule has 0 saturated carbocycles. The highest BCUT2D eigenvalue weighted by molar-refractivity contribution is 7.71. The van der Waals surface area contributed by atoms with Gasteiger partial charge in [0.2, 0.25) is 5.91 Å². The third-order valence-electron chi connectivity index (χ3n) is 7.04. The molecule has 180 valence electrons. The molecule has 2 fully saturated rings. The largest absolute Gasteiger partial charge is 0.461 e. The quantitative estimate of drug-likeness (QED) is 0.476. The van der Waals surface area contributed by atoms with Crippen LogP contribution in [0.4, 0.5) is 0 Å². The van der Waals surface area contributed by atoms with Crippen LogP contribution in [0.3, 0.4) is 0 Å². The maximum Gasteiger partial charge on any atom is 0.225 e. The molecule has 1 aromatic carbocycles. The van der Waals surface area contributed by atoms with Gasteiger partial charge >= 0.3 is 0 Å². The van der Waals surface area contributed by atoms with Gasteiger partial charge < -0.3 is 9.32 Å². The van der Waals surface area contributed by atoms with E-state index in [-0.39, 0.29) is 5.92 Å². The first-order valence-corrected chi connectivity index (χ1v) is 12.9. The molecule has 4 heterocycles. The summed E-state index contributed by atoms with van der Waals surface area (Å²) in [7, 11) is 0. The minimum absolute atomic E-state index is 0.150. The van der Waals surface area contributed by atoms with Crippen molar-refractivity contribution in [2.75, 3.05) is 26.2 Å². The lowest BCUT2D eigenvalue weighted by Crippen LogP contribution is -2.43. The molecule has 0 bridgehead atoms. The van der Waals surface area contributed by atoms with Gasteiger partial charge in [0, 0.05) is 32.1 Å². The lowest BCUT2D eigenvalue weighted by atomic mass is 9.95. The fourth-order valence-electron chi connectivity index (χ4n) is 5.09. The van der Waals surface area contributed by atoms with Crippen LogP contribution in [0.2, 0.25) is 0 Å². The van der Waals surface area contributed by atoms with Gasteiger partial charge in [-0.05, 0) is 55.6 Å². The zero-order chi connectivity index (χ0) is 23.3. The molecule has 1 amide bonds. The van der Waals surface area contributed by atoms with E-state index in [1.165, 1.54) is 18.4 Å². The van der Waals surface area contributed by atoms with Crippen molar-refractivity contribution in [1.82, 2.24) is 24.1 Å². The first kappa shape index (κ1) is 23.1. The molecular formula is C26H33N5O2S. The lowest BCUT2D eigenvalue weighted by molar-refractivity contribution is -0.137. The molecule has 0 radical (unpaired) electrons. The topological polar surface area (TPSA) is 59.4 Å². The van der Waals surface area contributed by atoms with Crippen molar-refractivity contribution in [3.8, 4) is 11.6 Å². The van der Waals surface area contributed by atoms with E-state index in [4.69, 9.17) is 21.7 Å². The molecule has 0 unspecified atom stereocenters. The SMILES string of the molecule is O=C(C1CCN(Cn2nc(-c3ccco3)n(Cc3ccccc3)c2=S)CC1)N1CCCCCC1. The zero-order valence-corrected chi connectivity index (χ0v) is 20.5. The molecule has 2 aromatic heterocycles. The van der Waals surface area contributed by atoms with Crippen molar-refractivity contribution in [3.05, 3.63) is 59.1 Å². The van der Waals surface area contributed by atoms with Crippen molar-refractivity contribution in [1.29, 1.82) is 0 Å². The number of hydrogen-bond acceptors (Lipinski definition) is 5. The van der Waals surface area contributed by atoms with Crippen molar-refractivity contribution in [2.24, 2.45) is 5.92 Å². The number of piperidine rings is 1. The van der Waals surface area contributed by atoms with E-state index in [0.29, 0.717) is 29.7 Å². The Labute approximate surface area is 206 Å². The highest BCUT2D eigenvalue weighted by atomic mass is 32.1. The number of likely N-dealkylation sites (tertiary alicyclic amines) is 2. The predicted molar refractivity (Wildman–Crippen MR) is 134 cm³/mol. The molecule has 2 saturated heterocycles. The summed E-state index contributed by atoms with van der Waals surface area (Å²) in [6.45, 7) is 4.90. The summed E-state index contributed by atoms with van der Waals surface area (Å²) in [5, 5.41) is 4.85. The Bertz CT molecular complexity index is 1120. The average Bonchev–Trinajstić information content (AvgIpc) is 3.40. The summed E-state index contributed by atoms with van der Waals surface area (Å²) in [5.41, 5.74) is 1.17. The third-order valence-corrected chi connectivity index (χ3v) is 7.47. The van der Waals surface area contributed by atoms with Crippen molar-refractivity contribution < 1.29 is 9.21 Å². The Balaban J connectivity index is 1.27. The van der Waals surface area contributed by atoms with Crippen molar-refractivity contribution >= 4 is 18.1 Å². The number of furan rings is 1. The van der Waals surface area contributed by atoms with Crippen LogP contribution < -0.4 is 0 Å². The smallest absolute Gasteiger partial charge is 0.225 e. The van der Waals surface area contributed by atoms with E-state index in [1.807, 2.05) is 39.6 Å². The van der Waals surface area contributed by atoms with E-state index in [1.54, 1.807) is 6.26 Å². The monoisotopic (exact) mass is 479 g/mol. The number of carbonyl (C=O) groups is 1. The average molecular weight is 480 g/mol. The molecule has 7 nitrogen and oxygen atoms in total. The van der Waals surface area contributed by atoms with E-state index >= 15 is 0 Å². The molecule has 3 aromatic rings. The first-order valence-electron chi connectivity index (χ1n) is 12.5. The molecule has 34 heavy (non-hydrogen) atoms. The number of hydrogen-bond donors (Lipinski definition) is 0. The molecule has 2 aliphatic rings. The fraction of sp³-hybridized carbons (Fsp3) is 0.500. The summed E-state index contributed by atoms with van der Waals surface area (Å²) in [4.78, 5) is 17.5. The molecular weight excluding hydrogens is 446 g/mol. The second kappa shape index (κ2) is 10.7. The van der Waals surface area contributed by atoms with Crippen LogP contribution in [0, 0.1) is 10.7 Å². The summed E-state index contributed by atoms with van der Waals surface area (Å²) in [6, 6.07) is 14.1. The summed E-state index contributed by atoms with van der Waals surface area (Å²) in [5.74, 6) is 1.97. The first-order chi connectivity index (χ1) is 16.7. The Morgan fingerprint density at radius 1 is 0.971 bits per heavy atom. The van der Waals surface area contributed by atoms with Crippen molar-refractivity contribution in [2.45, 2.75) is 51.7 Å². The zero-order valence-electron chi connectivity index (χ0n) is 19.6. The van der Waals surface area contributed by atoms with E-state index in [0.717, 1.165) is 57.7 Å². The number of amides is 1. The maximum absolute atomic E-state index is 13.0. The van der Waals surface area contributed by atoms with E-state index < -0.39 is 0 Å². The van der Waals surface area contributed by atoms with E-state index in [2.05, 4.69) is 21.9 Å². The van der Waals surface area contributed by atoms with Gasteiger partial charge in [0.1, 0.15) is 0 Å². The van der Waals surface area contributed by atoms with Crippen LogP contribution in [-0.4, -0.2) is 56.2 Å². The molecule has 0 aliphatic carbocycles. The minimum atomic E-state index is 0.150. The van der Waals surface area contributed by atoms with Crippen molar-refractivity contribution in [3.63, 3.8) is 0 Å². The number of nitrogens with zero attached hydrogens (tertiary/aromatic N) is 5. The normalized spacial score (nSPS) is 18.2. The molecule has 8 heteroatoms. The summed E-state index contributed by atoms with van der Waals surface area (Å²) >= 11 is 5.85. The van der Waals surface area contributed by atoms with Gasteiger partial charge in [-0.3, -0.25) is 14.3 Å². The molecule has 5 rings (SSSR count). The molecule has 2 aliphatic heterocycles. The number of carbonyl (C=O) groups excluding carboxylic acids is 1. The maximum atomic E-state index is 13.0. The number of rotatable bonds is 6. The Morgan fingerprint density at radius 2 is 1.71 bits per heavy atom. The highest BCUT2D eigenvalue weighted by Crippen LogP contribution is 2.24. The second-order valence-corrected chi connectivity index (χ2v) is 9.79.